The van der Waals surface area contributed by atoms with Crippen molar-refractivity contribution in [3.05, 3.63) is 0 Å². The van der Waals surface area contributed by atoms with E-state index in [0.717, 1.165) is 31.6 Å². The highest BCUT2D eigenvalue weighted by Crippen LogP contribution is 2.61. The van der Waals surface area contributed by atoms with Crippen LogP contribution in [0.4, 0.5) is 0 Å². The molecule has 24 heavy (non-hydrogen) atoms. The maximum atomic E-state index is 13.1. The van der Waals surface area contributed by atoms with Gasteiger partial charge in [0, 0.05) is 28.5 Å². The quantitative estimate of drug-likeness (QED) is 0.562. The van der Waals surface area contributed by atoms with Crippen molar-refractivity contribution in [2.45, 2.75) is 63.1 Å². The van der Waals surface area contributed by atoms with Crippen LogP contribution < -0.4 is 0 Å². The number of carbonyl (C=O) groups is 2. The molecule has 5 rings (SSSR count). The average Bonchev–Trinajstić information content (AvgIpc) is 2.99. The maximum absolute atomic E-state index is 13.1. The number of halogens is 1. The van der Waals surface area contributed by atoms with Gasteiger partial charge in [-0.05, 0) is 74.5 Å². The highest BCUT2D eigenvalue weighted by molar-refractivity contribution is 9.09. The van der Waals surface area contributed by atoms with E-state index < -0.39 is 0 Å². The first-order valence-corrected chi connectivity index (χ1v) is 11.2. The van der Waals surface area contributed by atoms with Crippen LogP contribution in [0.5, 0.6) is 0 Å². The van der Waals surface area contributed by atoms with Crippen LogP contribution in [0.3, 0.4) is 0 Å². The fourth-order valence-electron chi connectivity index (χ4n) is 7.64. The Hall–Kier alpha value is -0.180. The van der Waals surface area contributed by atoms with Crippen LogP contribution in [-0.4, -0.2) is 16.4 Å². The molecule has 2 nitrogen and oxygen atoms in total. The van der Waals surface area contributed by atoms with Crippen LogP contribution in [0.1, 0.15) is 58.3 Å². The fourth-order valence-corrected chi connectivity index (χ4v) is 8.31. The van der Waals surface area contributed by atoms with Crippen molar-refractivity contribution >= 4 is 27.5 Å². The van der Waals surface area contributed by atoms with Gasteiger partial charge in [-0.15, -0.1) is 0 Å². The van der Waals surface area contributed by atoms with Gasteiger partial charge in [0.15, 0.2) is 0 Å². The summed E-state index contributed by atoms with van der Waals surface area (Å²) in [6.07, 6.45) is 9.20. The molecule has 10 unspecified atom stereocenters. The molecule has 10 atom stereocenters. The molecular formula is C21H29BrO2. The first kappa shape index (κ1) is 16.0. The molecule has 5 saturated carbocycles. The third-order valence-electron chi connectivity index (χ3n) is 8.65. The number of hydrogen-bond acceptors (Lipinski definition) is 2. The average molecular weight is 393 g/mol. The summed E-state index contributed by atoms with van der Waals surface area (Å²) in [5.41, 5.74) is 0. The molecule has 0 amide bonds. The largest absolute Gasteiger partial charge is 0.299 e. The fraction of sp³-hybridized carbons (Fsp3) is 0.905. The predicted molar refractivity (Wildman–Crippen MR) is 96.7 cm³/mol. The summed E-state index contributed by atoms with van der Waals surface area (Å²) in [6.45, 7) is 2.31. The molecule has 0 saturated heterocycles. The molecule has 5 aliphatic rings. The smallest absolute Gasteiger partial charge is 0.139 e. The Bertz CT molecular complexity index is 522. The minimum Gasteiger partial charge on any atom is -0.299 e. The number of rotatable bonds is 0. The first-order valence-electron chi connectivity index (χ1n) is 10.3. The summed E-state index contributed by atoms with van der Waals surface area (Å²) in [5, 5.41) is 0. The van der Waals surface area contributed by atoms with E-state index in [1.165, 1.54) is 25.7 Å². The number of ketones is 2. The Labute approximate surface area is 153 Å². The number of fused-ring (bicyclic) bond motifs is 6. The van der Waals surface area contributed by atoms with Gasteiger partial charge in [0.05, 0.1) is 0 Å². The van der Waals surface area contributed by atoms with Gasteiger partial charge in [-0.2, -0.15) is 0 Å². The van der Waals surface area contributed by atoms with Crippen molar-refractivity contribution in [2.75, 3.05) is 0 Å². The Morgan fingerprint density at radius 1 is 0.667 bits per heavy atom. The van der Waals surface area contributed by atoms with Crippen LogP contribution >= 0.6 is 15.9 Å². The molecule has 0 heterocycles. The van der Waals surface area contributed by atoms with Crippen LogP contribution in [-0.2, 0) is 9.59 Å². The van der Waals surface area contributed by atoms with Crippen molar-refractivity contribution < 1.29 is 9.59 Å². The van der Waals surface area contributed by atoms with Gasteiger partial charge < -0.3 is 0 Å². The van der Waals surface area contributed by atoms with Gasteiger partial charge >= 0.3 is 0 Å². The minimum absolute atomic E-state index is 0.296. The van der Waals surface area contributed by atoms with Crippen molar-refractivity contribution in [3.8, 4) is 0 Å². The van der Waals surface area contributed by atoms with Gasteiger partial charge in [-0.3, -0.25) is 9.59 Å². The van der Waals surface area contributed by atoms with Gasteiger partial charge in [0.25, 0.3) is 0 Å². The molecule has 5 fully saturated rings. The van der Waals surface area contributed by atoms with Gasteiger partial charge in [-0.25, -0.2) is 0 Å². The molecule has 3 heteroatoms. The second-order valence-electron chi connectivity index (χ2n) is 9.69. The normalized spacial score (nSPS) is 56.4. The number of hydrogen-bond donors (Lipinski definition) is 0. The number of alkyl halides is 1. The van der Waals surface area contributed by atoms with E-state index in [-0.39, 0.29) is 0 Å². The van der Waals surface area contributed by atoms with Crippen LogP contribution in [0, 0.1) is 53.3 Å². The van der Waals surface area contributed by atoms with Crippen molar-refractivity contribution in [3.63, 3.8) is 0 Å². The summed E-state index contributed by atoms with van der Waals surface area (Å²) < 4.78 is 0. The molecule has 0 spiro atoms. The van der Waals surface area contributed by atoms with E-state index in [0.29, 0.717) is 63.7 Å². The lowest BCUT2D eigenvalue weighted by molar-refractivity contribution is -0.129. The standard InChI is InChI=1S/C21H29BrO2/c1-10-2-4-12-14-8-19-15(9-18(14)20(23)16(12)6-10)13-5-3-11(22)7-17(13)21(19)24/h10-19H,2-9H2,1H3. The SMILES string of the molecule is CC1CCC2C(C1)C(=O)C1CC3C(CC12)C(=O)C1CC(Br)CCC13. The second-order valence-corrected chi connectivity index (χ2v) is 11.0. The summed E-state index contributed by atoms with van der Waals surface area (Å²) in [5.74, 6) is 5.41. The van der Waals surface area contributed by atoms with E-state index in [9.17, 15) is 9.59 Å². The summed E-state index contributed by atoms with van der Waals surface area (Å²) in [7, 11) is 0. The second kappa shape index (κ2) is 5.66. The topological polar surface area (TPSA) is 34.1 Å². The molecule has 0 aromatic heterocycles. The van der Waals surface area contributed by atoms with E-state index in [1.807, 2.05) is 0 Å². The zero-order valence-electron chi connectivity index (χ0n) is 14.6. The van der Waals surface area contributed by atoms with E-state index in [2.05, 4.69) is 22.9 Å². The number of carbonyl (C=O) groups excluding carboxylic acids is 2. The minimum atomic E-state index is 0.296. The molecule has 132 valence electrons. The third kappa shape index (κ3) is 2.18. The molecule has 0 bridgehead atoms. The lowest BCUT2D eigenvalue weighted by atomic mass is 9.64. The van der Waals surface area contributed by atoms with E-state index in [4.69, 9.17) is 0 Å². The zero-order chi connectivity index (χ0) is 16.6. The van der Waals surface area contributed by atoms with Gasteiger partial charge in [0.1, 0.15) is 11.6 Å². The van der Waals surface area contributed by atoms with Crippen LogP contribution in [0.2, 0.25) is 0 Å². The molecule has 0 aromatic rings. The molecule has 0 radical (unpaired) electrons. The maximum Gasteiger partial charge on any atom is 0.139 e. The van der Waals surface area contributed by atoms with E-state index in [1.54, 1.807) is 0 Å². The van der Waals surface area contributed by atoms with Gasteiger partial charge in [0.2, 0.25) is 0 Å². The first-order chi connectivity index (χ1) is 11.5. The Balaban J connectivity index is 1.42. The molecule has 0 aromatic carbocycles. The summed E-state index contributed by atoms with van der Waals surface area (Å²) >= 11 is 3.75. The van der Waals surface area contributed by atoms with Crippen LogP contribution in [0.15, 0.2) is 0 Å². The van der Waals surface area contributed by atoms with Crippen molar-refractivity contribution in [2.24, 2.45) is 53.3 Å². The summed E-state index contributed by atoms with van der Waals surface area (Å²) in [4.78, 5) is 26.7. The highest BCUT2D eigenvalue weighted by atomic mass is 79.9. The van der Waals surface area contributed by atoms with Gasteiger partial charge in [-0.1, -0.05) is 29.3 Å². The number of Topliss-reactive ketones (excluding diaryl/α,β-unsaturated/α-hetero) is 2. The third-order valence-corrected chi connectivity index (χ3v) is 9.48. The highest BCUT2D eigenvalue weighted by Gasteiger charge is 2.60. The molecular weight excluding hydrogens is 364 g/mol. The lowest BCUT2D eigenvalue weighted by Crippen LogP contribution is -2.35. The zero-order valence-corrected chi connectivity index (χ0v) is 16.2. The Kier molecular flexibility index (Phi) is 3.78. The molecule has 0 N–H and O–H groups in total. The molecule has 0 aliphatic heterocycles. The van der Waals surface area contributed by atoms with Crippen molar-refractivity contribution in [1.82, 2.24) is 0 Å². The monoisotopic (exact) mass is 392 g/mol. The summed E-state index contributed by atoms with van der Waals surface area (Å²) in [6, 6.07) is 0. The van der Waals surface area contributed by atoms with E-state index >= 15 is 0 Å². The Morgan fingerprint density at radius 3 is 1.79 bits per heavy atom. The van der Waals surface area contributed by atoms with Crippen LogP contribution in [0.25, 0.3) is 0 Å². The molecule has 5 aliphatic carbocycles. The predicted octanol–water partition coefficient (Wildman–Crippen LogP) is 4.64. The lowest BCUT2D eigenvalue weighted by Gasteiger charge is -2.39. The Morgan fingerprint density at radius 2 is 1.17 bits per heavy atom. The van der Waals surface area contributed by atoms with Crippen molar-refractivity contribution in [1.29, 1.82) is 0 Å².